The summed E-state index contributed by atoms with van der Waals surface area (Å²) in [5.74, 6) is 0.247. The Bertz CT molecular complexity index is 877. The van der Waals surface area contributed by atoms with E-state index in [4.69, 9.17) is 16.7 Å². The monoisotopic (exact) mass is 374 g/mol. The lowest BCUT2D eigenvalue weighted by Gasteiger charge is -2.45. The fourth-order valence-electron chi connectivity index (χ4n) is 3.60. The van der Waals surface area contributed by atoms with E-state index in [1.165, 1.54) is 12.1 Å². The summed E-state index contributed by atoms with van der Waals surface area (Å²) in [6, 6.07) is 8.34. The highest BCUT2D eigenvalue weighted by Gasteiger charge is 2.42. The molecule has 0 unspecified atom stereocenters. The predicted molar refractivity (Wildman–Crippen MR) is 100 cm³/mol. The third-order valence-corrected chi connectivity index (χ3v) is 6.52. The van der Waals surface area contributed by atoms with Gasteiger partial charge >= 0.3 is 0 Å². The Hall–Kier alpha value is -2.60. The van der Waals surface area contributed by atoms with Crippen molar-refractivity contribution in [3.8, 4) is 6.07 Å². The Morgan fingerprint density at radius 1 is 1.15 bits per heavy atom. The highest BCUT2D eigenvalue weighted by atomic mass is 32.2. The SMILES string of the molecule is N#CCCS(=O)(=O)c1ccc(N2C(N)=NC(N)=NC23CCCCC3)cc1. The molecule has 1 heterocycles. The van der Waals surface area contributed by atoms with Crippen LogP contribution in [0.2, 0.25) is 0 Å². The molecule has 1 saturated carbocycles. The molecule has 2 aliphatic rings. The molecule has 1 spiro atoms. The van der Waals surface area contributed by atoms with E-state index in [9.17, 15) is 8.42 Å². The number of aliphatic imine (C=N–C) groups is 2. The highest BCUT2D eigenvalue weighted by Crippen LogP contribution is 2.39. The first-order chi connectivity index (χ1) is 12.4. The second-order valence-corrected chi connectivity index (χ2v) is 8.65. The maximum absolute atomic E-state index is 12.2. The van der Waals surface area contributed by atoms with Gasteiger partial charge in [0.25, 0.3) is 0 Å². The Labute approximate surface area is 153 Å². The van der Waals surface area contributed by atoms with Crippen molar-refractivity contribution < 1.29 is 8.42 Å². The molecule has 1 aromatic rings. The number of hydrogen-bond acceptors (Lipinski definition) is 8. The van der Waals surface area contributed by atoms with Crippen LogP contribution < -0.4 is 16.4 Å². The average molecular weight is 374 g/mol. The van der Waals surface area contributed by atoms with E-state index >= 15 is 0 Å². The lowest BCUT2D eigenvalue weighted by molar-refractivity contribution is 0.305. The number of sulfone groups is 1. The van der Waals surface area contributed by atoms with Gasteiger partial charge < -0.3 is 11.5 Å². The Morgan fingerprint density at radius 3 is 2.42 bits per heavy atom. The first-order valence-corrected chi connectivity index (χ1v) is 10.2. The van der Waals surface area contributed by atoms with Gasteiger partial charge in [0.05, 0.1) is 16.7 Å². The van der Waals surface area contributed by atoms with Crippen molar-refractivity contribution >= 4 is 27.4 Å². The van der Waals surface area contributed by atoms with Gasteiger partial charge in [-0.05, 0) is 49.9 Å². The fourth-order valence-corrected chi connectivity index (χ4v) is 4.74. The van der Waals surface area contributed by atoms with Gasteiger partial charge in [-0.1, -0.05) is 6.42 Å². The van der Waals surface area contributed by atoms with Gasteiger partial charge in [-0.15, -0.1) is 0 Å². The number of nitriles is 1. The molecule has 138 valence electrons. The van der Waals surface area contributed by atoms with Crippen LogP contribution in [0, 0.1) is 11.3 Å². The zero-order valence-corrected chi connectivity index (χ0v) is 15.2. The van der Waals surface area contributed by atoms with Gasteiger partial charge in [0.1, 0.15) is 5.66 Å². The molecule has 4 N–H and O–H groups in total. The summed E-state index contributed by atoms with van der Waals surface area (Å²) in [6.45, 7) is 0. The summed E-state index contributed by atoms with van der Waals surface area (Å²) >= 11 is 0. The number of nitrogens with zero attached hydrogens (tertiary/aromatic N) is 4. The van der Waals surface area contributed by atoms with Crippen LogP contribution in [-0.2, 0) is 9.84 Å². The molecule has 9 heteroatoms. The number of guanidine groups is 2. The van der Waals surface area contributed by atoms with Crippen molar-refractivity contribution in [3.63, 3.8) is 0 Å². The highest BCUT2D eigenvalue weighted by molar-refractivity contribution is 7.91. The molecular formula is C17H22N6O2S. The number of rotatable bonds is 4. The number of anilines is 1. The van der Waals surface area contributed by atoms with Crippen molar-refractivity contribution in [1.82, 2.24) is 0 Å². The van der Waals surface area contributed by atoms with Gasteiger partial charge in [0.15, 0.2) is 9.84 Å². The van der Waals surface area contributed by atoms with E-state index in [2.05, 4.69) is 9.98 Å². The number of benzene rings is 1. The molecule has 0 atom stereocenters. The van der Waals surface area contributed by atoms with Gasteiger partial charge in [-0.3, -0.25) is 4.90 Å². The Kier molecular flexibility index (Phi) is 4.87. The quantitative estimate of drug-likeness (QED) is 0.818. The third-order valence-electron chi connectivity index (χ3n) is 4.79. The van der Waals surface area contributed by atoms with Crippen LogP contribution in [0.5, 0.6) is 0 Å². The summed E-state index contributed by atoms with van der Waals surface area (Å²) in [5.41, 5.74) is 12.2. The summed E-state index contributed by atoms with van der Waals surface area (Å²) in [7, 11) is -3.48. The molecular weight excluding hydrogens is 352 g/mol. The summed E-state index contributed by atoms with van der Waals surface area (Å²) in [5, 5.41) is 8.61. The lowest BCUT2D eigenvalue weighted by Crippen LogP contribution is -2.58. The van der Waals surface area contributed by atoms with E-state index in [1.807, 2.05) is 11.0 Å². The molecule has 1 aliphatic heterocycles. The summed E-state index contributed by atoms with van der Waals surface area (Å²) < 4.78 is 24.5. The van der Waals surface area contributed by atoms with Crippen molar-refractivity contribution in [2.45, 2.75) is 49.1 Å². The van der Waals surface area contributed by atoms with Crippen LogP contribution in [0.3, 0.4) is 0 Å². The van der Waals surface area contributed by atoms with Crippen LogP contribution in [0.4, 0.5) is 5.69 Å². The molecule has 0 bridgehead atoms. The topological polar surface area (TPSA) is 138 Å². The second kappa shape index (κ2) is 6.96. The van der Waals surface area contributed by atoms with E-state index in [1.54, 1.807) is 12.1 Å². The van der Waals surface area contributed by atoms with Gasteiger partial charge in [-0.25, -0.2) is 13.4 Å². The molecule has 26 heavy (non-hydrogen) atoms. The maximum atomic E-state index is 12.2. The van der Waals surface area contributed by atoms with Gasteiger partial charge in [0, 0.05) is 12.1 Å². The van der Waals surface area contributed by atoms with Crippen LogP contribution in [-0.4, -0.2) is 31.8 Å². The molecule has 1 aromatic carbocycles. The average Bonchev–Trinajstić information content (AvgIpc) is 2.60. The Morgan fingerprint density at radius 2 is 1.81 bits per heavy atom. The number of hydrogen-bond donors (Lipinski definition) is 2. The summed E-state index contributed by atoms with van der Waals surface area (Å²) in [6.07, 6.45) is 4.76. The lowest BCUT2D eigenvalue weighted by atomic mass is 9.87. The zero-order chi connectivity index (χ0) is 18.8. The smallest absolute Gasteiger partial charge is 0.220 e. The first-order valence-electron chi connectivity index (χ1n) is 8.57. The second-order valence-electron chi connectivity index (χ2n) is 6.54. The molecule has 0 amide bonds. The van der Waals surface area contributed by atoms with Gasteiger partial charge in [0.2, 0.25) is 11.9 Å². The standard InChI is InChI=1S/C17H22N6O2S/c18-11-4-12-26(24,25)14-7-5-13(6-8-14)23-16(20)21-15(19)22-17(23)9-2-1-3-10-17/h5-8H,1-4,9-10,12H2,(H4,19,20,21,22). The Balaban J connectivity index is 1.94. The summed E-state index contributed by atoms with van der Waals surface area (Å²) in [4.78, 5) is 10.7. The fraction of sp³-hybridized carbons (Fsp3) is 0.471. The minimum absolute atomic E-state index is 0.0348. The van der Waals surface area contributed by atoms with E-state index in [0.717, 1.165) is 37.8 Å². The largest absolute Gasteiger partial charge is 0.369 e. The van der Waals surface area contributed by atoms with E-state index in [0.29, 0.717) is 0 Å². The minimum atomic E-state index is -3.48. The van der Waals surface area contributed by atoms with Crippen molar-refractivity contribution in [1.29, 1.82) is 5.26 Å². The first kappa shape index (κ1) is 18.2. The predicted octanol–water partition coefficient (Wildman–Crippen LogP) is 1.48. The molecule has 8 nitrogen and oxygen atoms in total. The van der Waals surface area contributed by atoms with Crippen LogP contribution in [0.1, 0.15) is 38.5 Å². The normalized spacial score (nSPS) is 19.6. The van der Waals surface area contributed by atoms with Crippen LogP contribution in [0.15, 0.2) is 39.1 Å². The molecule has 0 radical (unpaired) electrons. The molecule has 1 aliphatic carbocycles. The maximum Gasteiger partial charge on any atom is 0.220 e. The van der Waals surface area contributed by atoms with Gasteiger partial charge in [-0.2, -0.15) is 10.3 Å². The third kappa shape index (κ3) is 3.37. The minimum Gasteiger partial charge on any atom is -0.369 e. The van der Waals surface area contributed by atoms with Crippen LogP contribution >= 0.6 is 0 Å². The van der Waals surface area contributed by atoms with E-state index in [-0.39, 0.29) is 29.0 Å². The zero-order valence-electron chi connectivity index (χ0n) is 14.4. The van der Waals surface area contributed by atoms with Crippen molar-refractivity contribution in [2.75, 3.05) is 10.7 Å². The number of nitrogens with two attached hydrogens (primary N) is 2. The molecule has 0 aromatic heterocycles. The van der Waals surface area contributed by atoms with E-state index < -0.39 is 15.5 Å². The van der Waals surface area contributed by atoms with Crippen molar-refractivity contribution in [2.24, 2.45) is 21.5 Å². The molecule has 3 rings (SSSR count). The van der Waals surface area contributed by atoms with Crippen molar-refractivity contribution in [3.05, 3.63) is 24.3 Å². The van der Waals surface area contributed by atoms with Crippen LogP contribution in [0.25, 0.3) is 0 Å². The molecule has 1 fully saturated rings. The molecule has 0 saturated heterocycles.